The second-order valence-electron chi connectivity index (χ2n) is 5.89. The number of nitrogens with zero attached hydrogens (tertiary/aromatic N) is 4. The third-order valence-corrected chi connectivity index (χ3v) is 4.45. The van der Waals surface area contributed by atoms with E-state index in [1.54, 1.807) is 0 Å². The van der Waals surface area contributed by atoms with Crippen molar-refractivity contribution in [2.24, 2.45) is 5.41 Å². The lowest BCUT2D eigenvalue weighted by Crippen LogP contribution is -2.17. The van der Waals surface area contributed by atoms with Gasteiger partial charge >= 0.3 is 0 Å². The molecule has 1 aliphatic carbocycles. The van der Waals surface area contributed by atoms with Crippen molar-refractivity contribution in [1.82, 2.24) is 14.8 Å². The van der Waals surface area contributed by atoms with E-state index in [9.17, 15) is 9.18 Å². The van der Waals surface area contributed by atoms with E-state index in [-0.39, 0.29) is 29.9 Å². The van der Waals surface area contributed by atoms with Crippen LogP contribution in [-0.2, 0) is 0 Å². The number of aromatic nitrogens is 3. The molecule has 2 atom stereocenters. The van der Waals surface area contributed by atoms with Gasteiger partial charge in [-0.15, -0.1) is 5.10 Å². The summed E-state index contributed by atoms with van der Waals surface area (Å²) in [6, 6.07) is 11.3. The summed E-state index contributed by atoms with van der Waals surface area (Å²) in [6.45, 7) is 0. The molecule has 0 amide bonds. The summed E-state index contributed by atoms with van der Waals surface area (Å²) in [5.41, 5.74) is -0.0364. The molecular formula is C16H13FN4O. The molecule has 1 saturated carbocycles. The van der Waals surface area contributed by atoms with Crippen molar-refractivity contribution < 1.29 is 9.18 Å². The Labute approximate surface area is 126 Å². The fraction of sp³-hybridized carbons (Fsp3) is 0.375. The van der Waals surface area contributed by atoms with E-state index in [2.05, 4.69) is 10.1 Å². The summed E-state index contributed by atoms with van der Waals surface area (Å²) in [5, 5.41) is 13.3. The lowest BCUT2D eigenvalue weighted by Gasteiger charge is -2.11. The van der Waals surface area contributed by atoms with E-state index in [1.807, 2.05) is 36.4 Å². The highest BCUT2D eigenvalue weighted by Gasteiger charge is 2.53. The van der Waals surface area contributed by atoms with E-state index in [1.165, 1.54) is 4.68 Å². The van der Waals surface area contributed by atoms with Crippen molar-refractivity contribution in [1.29, 1.82) is 5.26 Å². The van der Waals surface area contributed by atoms with Crippen molar-refractivity contribution in [2.75, 3.05) is 0 Å². The summed E-state index contributed by atoms with van der Waals surface area (Å²) in [6.07, 6.45) is 0.106. The van der Waals surface area contributed by atoms with Crippen molar-refractivity contribution in [3.8, 4) is 6.07 Å². The van der Waals surface area contributed by atoms with Crippen molar-refractivity contribution in [3.05, 3.63) is 47.5 Å². The third-order valence-electron chi connectivity index (χ3n) is 4.45. The predicted molar refractivity (Wildman–Crippen MR) is 74.7 cm³/mol. The standard InChI is InChI=1S/C16H13FN4O/c17-11-8-12(10-4-2-1-3-5-10)21-15(11)19-14(20-21)13(22)16(9-18)6-7-16/h1-5,11-12H,6-8H2/t11-,12-/m0/s1. The van der Waals surface area contributed by atoms with Gasteiger partial charge in [-0.25, -0.2) is 14.1 Å². The van der Waals surface area contributed by atoms with Crippen LogP contribution in [0, 0.1) is 16.7 Å². The normalized spacial score (nSPS) is 24.5. The zero-order chi connectivity index (χ0) is 15.3. The maximum atomic E-state index is 14.2. The highest BCUT2D eigenvalue weighted by molar-refractivity contribution is 6.01. The summed E-state index contributed by atoms with van der Waals surface area (Å²) in [5.74, 6) is -0.223. The van der Waals surface area contributed by atoms with E-state index < -0.39 is 11.6 Å². The van der Waals surface area contributed by atoms with E-state index in [0.29, 0.717) is 12.8 Å². The number of rotatable bonds is 3. The van der Waals surface area contributed by atoms with Crippen molar-refractivity contribution in [3.63, 3.8) is 0 Å². The molecule has 1 aromatic carbocycles. The van der Waals surface area contributed by atoms with Crippen LogP contribution in [0.5, 0.6) is 0 Å². The maximum absolute atomic E-state index is 14.2. The molecule has 110 valence electrons. The number of halogens is 1. The van der Waals surface area contributed by atoms with Gasteiger partial charge in [-0.05, 0) is 18.4 Å². The number of carbonyl (C=O) groups excluding carboxylic acids is 1. The van der Waals surface area contributed by atoms with Crippen LogP contribution >= 0.6 is 0 Å². The van der Waals surface area contributed by atoms with Gasteiger partial charge in [0.1, 0.15) is 5.41 Å². The molecule has 0 unspecified atom stereocenters. The smallest absolute Gasteiger partial charge is 0.222 e. The monoisotopic (exact) mass is 296 g/mol. The zero-order valence-corrected chi connectivity index (χ0v) is 11.7. The van der Waals surface area contributed by atoms with Crippen LogP contribution in [0.3, 0.4) is 0 Å². The number of nitriles is 1. The molecule has 1 aliphatic heterocycles. The molecule has 0 bridgehead atoms. The fourth-order valence-electron chi connectivity index (χ4n) is 2.96. The Kier molecular flexibility index (Phi) is 2.67. The molecule has 1 aromatic heterocycles. The Hall–Kier alpha value is -2.55. The molecule has 0 N–H and O–H groups in total. The number of ketones is 1. The molecule has 4 rings (SSSR count). The van der Waals surface area contributed by atoms with Gasteiger partial charge in [-0.2, -0.15) is 5.26 Å². The Balaban J connectivity index is 1.72. The average molecular weight is 296 g/mol. The summed E-state index contributed by atoms with van der Waals surface area (Å²) >= 11 is 0. The van der Waals surface area contributed by atoms with Gasteiger partial charge in [0.2, 0.25) is 11.6 Å². The fourth-order valence-corrected chi connectivity index (χ4v) is 2.96. The van der Waals surface area contributed by atoms with Crippen LogP contribution in [0.2, 0.25) is 0 Å². The van der Waals surface area contributed by atoms with Gasteiger partial charge in [0, 0.05) is 6.42 Å². The van der Waals surface area contributed by atoms with Gasteiger partial charge in [-0.3, -0.25) is 4.79 Å². The van der Waals surface area contributed by atoms with Crippen LogP contribution in [-0.4, -0.2) is 20.5 Å². The number of alkyl halides is 1. The van der Waals surface area contributed by atoms with Crippen LogP contribution in [0.25, 0.3) is 0 Å². The first kappa shape index (κ1) is 13.1. The van der Waals surface area contributed by atoms with Crippen LogP contribution in [0.1, 0.15) is 53.5 Å². The first-order valence-electron chi connectivity index (χ1n) is 7.26. The zero-order valence-electron chi connectivity index (χ0n) is 11.7. The molecule has 2 aliphatic rings. The quantitative estimate of drug-likeness (QED) is 0.816. The second-order valence-corrected chi connectivity index (χ2v) is 5.89. The Morgan fingerprint density at radius 3 is 2.73 bits per heavy atom. The highest BCUT2D eigenvalue weighted by Crippen LogP contribution is 2.48. The minimum absolute atomic E-state index is 0.0302. The van der Waals surface area contributed by atoms with Crippen LogP contribution in [0.4, 0.5) is 4.39 Å². The van der Waals surface area contributed by atoms with E-state index in [0.717, 1.165) is 5.56 Å². The Morgan fingerprint density at radius 1 is 1.36 bits per heavy atom. The lowest BCUT2D eigenvalue weighted by atomic mass is 10.0. The van der Waals surface area contributed by atoms with E-state index >= 15 is 0 Å². The number of hydrogen-bond acceptors (Lipinski definition) is 4. The average Bonchev–Trinajstić information content (AvgIpc) is 3.13. The van der Waals surface area contributed by atoms with Crippen LogP contribution in [0.15, 0.2) is 30.3 Å². The minimum atomic E-state index is -1.24. The molecule has 22 heavy (non-hydrogen) atoms. The SMILES string of the molecule is N#CC1(C(=O)c2nc3n(n2)[C@H](c2ccccc2)C[C@@H]3F)CC1. The van der Waals surface area contributed by atoms with Gasteiger partial charge < -0.3 is 0 Å². The predicted octanol–water partition coefficient (Wildman–Crippen LogP) is 2.77. The van der Waals surface area contributed by atoms with E-state index in [4.69, 9.17) is 5.26 Å². The number of fused-ring (bicyclic) bond motifs is 1. The number of hydrogen-bond donors (Lipinski definition) is 0. The van der Waals surface area contributed by atoms with Gasteiger partial charge in [0.15, 0.2) is 12.0 Å². The molecule has 0 saturated heterocycles. The topological polar surface area (TPSA) is 71.6 Å². The Bertz CT molecular complexity index is 788. The summed E-state index contributed by atoms with van der Waals surface area (Å²) in [7, 11) is 0. The second kappa shape index (κ2) is 4.47. The first-order valence-corrected chi connectivity index (χ1v) is 7.26. The molecule has 0 spiro atoms. The molecule has 5 nitrogen and oxygen atoms in total. The van der Waals surface area contributed by atoms with Crippen molar-refractivity contribution in [2.45, 2.75) is 31.5 Å². The summed E-state index contributed by atoms with van der Waals surface area (Å²) in [4.78, 5) is 16.4. The molecule has 2 aromatic rings. The number of carbonyl (C=O) groups is 1. The molecular weight excluding hydrogens is 283 g/mol. The number of benzene rings is 1. The van der Waals surface area contributed by atoms with Crippen LogP contribution < -0.4 is 0 Å². The highest BCUT2D eigenvalue weighted by atomic mass is 19.1. The molecule has 6 heteroatoms. The first-order chi connectivity index (χ1) is 10.6. The lowest BCUT2D eigenvalue weighted by molar-refractivity contribution is 0.0923. The largest absolute Gasteiger partial charge is 0.289 e. The number of Topliss-reactive ketones (excluding diaryl/α,β-unsaturated/α-hetero) is 1. The molecule has 1 fully saturated rings. The third kappa shape index (κ3) is 1.78. The van der Waals surface area contributed by atoms with Gasteiger partial charge in [-0.1, -0.05) is 30.3 Å². The molecule has 0 radical (unpaired) electrons. The van der Waals surface area contributed by atoms with Gasteiger partial charge in [0.25, 0.3) is 0 Å². The van der Waals surface area contributed by atoms with Gasteiger partial charge in [0.05, 0.1) is 12.1 Å². The summed E-state index contributed by atoms with van der Waals surface area (Å²) < 4.78 is 15.7. The maximum Gasteiger partial charge on any atom is 0.222 e. The minimum Gasteiger partial charge on any atom is -0.289 e. The van der Waals surface area contributed by atoms with Crippen molar-refractivity contribution >= 4 is 5.78 Å². The molecule has 2 heterocycles. The Morgan fingerprint density at radius 2 is 2.09 bits per heavy atom.